The van der Waals surface area contributed by atoms with Crippen LogP contribution in [0, 0.1) is 0 Å². The number of hydrogen-bond donors (Lipinski definition) is 3. The maximum atomic E-state index is 12.6. The number of benzene rings is 1. The molecule has 1 aliphatic heterocycles. The van der Waals surface area contributed by atoms with Crippen molar-refractivity contribution in [3.8, 4) is 0 Å². The van der Waals surface area contributed by atoms with Gasteiger partial charge in [0.2, 0.25) is 5.91 Å². The van der Waals surface area contributed by atoms with Crippen molar-refractivity contribution in [2.45, 2.75) is 45.2 Å². The number of rotatable bonds is 4. The molecule has 1 aromatic carbocycles. The summed E-state index contributed by atoms with van der Waals surface area (Å²) in [7, 11) is 0. The average molecular weight is 451 g/mol. The van der Waals surface area contributed by atoms with Crippen molar-refractivity contribution < 1.29 is 27.9 Å². The summed E-state index contributed by atoms with van der Waals surface area (Å²) < 4.78 is 33.7. The Balaban J connectivity index is 0.000000360. The van der Waals surface area contributed by atoms with Crippen molar-refractivity contribution in [3.05, 3.63) is 54.2 Å². The number of H-pyrrole nitrogens is 1. The number of imidazole rings is 1. The Morgan fingerprint density at radius 2 is 2.03 bits per heavy atom. The van der Waals surface area contributed by atoms with Crippen molar-refractivity contribution in [3.63, 3.8) is 0 Å². The van der Waals surface area contributed by atoms with Gasteiger partial charge < -0.3 is 20.0 Å². The summed E-state index contributed by atoms with van der Waals surface area (Å²) in [6.45, 7) is 6.26. The molecule has 3 aromatic rings. The van der Waals surface area contributed by atoms with Gasteiger partial charge in [0.25, 0.3) is 0 Å². The third-order valence-electron chi connectivity index (χ3n) is 4.95. The van der Waals surface area contributed by atoms with Crippen LogP contribution in [0.2, 0.25) is 0 Å². The Hall–Kier alpha value is -3.34. The number of halogens is 3. The molecule has 4 rings (SSSR count). The monoisotopic (exact) mass is 451 g/mol. The molecular weight excluding hydrogens is 427 g/mol. The maximum absolute atomic E-state index is 12.6. The number of carbonyl (C=O) groups is 2. The molecule has 1 unspecified atom stereocenters. The fourth-order valence-corrected chi connectivity index (χ4v) is 3.60. The highest BCUT2D eigenvalue weighted by atomic mass is 19.4. The maximum Gasteiger partial charge on any atom is 0.490 e. The van der Waals surface area contributed by atoms with E-state index in [0.29, 0.717) is 6.54 Å². The number of carboxylic acids is 1. The van der Waals surface area contributed by atoms with Gasteiger partial charge in [-0.05, 0) is 31.5 Å². The van der Waals surface area contributed by atoms with Gasteiger partial charge in [-0.3, -0.25) is 9.69 Å². The third kappa shape index (κ3) is 5.47. The summed E-state index contributed by atoms with van der Waals surface area (Å²) in [6.07, 6.45) is 0.515. The van der Waals surface area contributed by atoms with E-state index in [2.05, 4.69) is 44.5 Å². The molecule has 3 heterocycles. The number of aromatic amines is 1. The first kappa shape index (κ1) is 23.3. The van der Waals surface area contributed by atoms with Gasteiger partial charge in [-0.1, -0.05) is 12.1 Å². The van der Waals surface area contributed by atoms with E-state index in [-0.39, 0.29) is 18.0 Å². The Morgan fingerprint density at radius 1 is 1.31 bits per heavy atom. The fourth-order valence-electron chi connectivity index (χ4n) is 3.60. The molecule has 172 valence electrons. The number of alkyl halides is 3. The van der Waals surface area contributed by atoms with Gasteiger partial charge in [-0.25, -0.2) is 9.78 Å². The van der Waals surface area contributed by atoms with E-state index in [1.165, 1.54) is 10.9 Å². The van der Waals surface area contributed by atoms with E-state index in [1.54, 1.807) is 6.33 Å². The molecular formula is C21H24F3N5O3. The number of nitrogens with one attached hydrogen (secondary N) is 2. The summed E-state index contributed by atoms with van der Waals surface area (Å²) >= 11 is 0. The van der Waals surface area contributed by atoms with Crippen LogP contribution in [-0.2, 0) is 22.7 Å². The van der Waals surface area contributed by atoms with Crippen LogP contribution in [0.1, 0.15) is 31.1 Å². The van der Waals surface area contributed by atoms with Crippen LogP contribution >= 0.6 is 0 Å². The summed E-state index contributed by atoms with van der Waals surface area (Å²) in [5.41, 5.74) is 3.50. The van der Waals surface area contributed by atoms with E-state index < -0.39 is 12.1 Å². The summed E-state index contributed by atoms with van der Waals surface area (Å²) in [4.78, 5) is 31.4. The van der Waals surface area contributed by atoms with Gasteiger partial charge in [0.05, 0.1) is 12.0 Å². The minimum Gasteiger partial charge on any atom is -0.475 e. The normalized spacial score (nSPS) is 16.4. The minimum absolute atomic E-state index is 0.0544. The predicted molar refractivity (Wildman–Crippen MR) is 111 cm³/mol. The summed E-state index contributed by atoms with van der Waals surface area (Å²) in [6, 6.07) is 8.32. The molecule has 0 saturated carbocycles. The predicted octanol–water partition coefficient (Wildman–Crippen LogP) is 3.08. The number of fused-ring (bicyclic) bond motifs is 2. The van der Waals surface area contributed by atoms with Crippen LogP contribution < -0.4 is 5.32 Å². The molecule has 0 aliphatic carbocycles. The number of aromatic nitrogens is 3. The Kier molecular flexibility index (Phi) is 6.87. The lowest BCUT2D eigenvalue weighted by molar-refractivity contribution is -0.192. The molecule has 3 N–H and O–H groups in total. The van der Waals surface area contributed by atoms with Crippen molar-refractivity contribution in [1.29, 1.82) is 0 Å². The number of nitrogens with zero attached hydrogens (tertiary/aromatic N) is 3. The van der Waals surface area contributed by atoms with Gasteiger partial charge in [-0.2, -0.15) is 13.2 Å². The molecule has 0 fully saturated rings. The largest absolute Gasteiger partial charge is 0.490 e. The van der Waals surface area contributed by atoms with Gasteiger partial charge in [0, 0.05) is 49.0 Å². The van der Waals surface area contributed by atoms with Crippen LogP contribution in [0.4, 0.5) is 13.2 Å². The minimum atomic E-state index is -5.08. The molecule has 8 nitrogen and oxygen atoms in total. The first-order valence-corrected chi connectivity index (χ1v) is 9.94. The van der Waals surface area contributed by atoms with Gasteiger partial charge in [0.15, 0.2) is 0 Å². The Morgan fingerprint density at radius 3 is 2.69 bits per heavy atom. The zero-order valence-corrected chi connectivity index (χ0v) is 17.6. The van der Waals surface area contributed by atoms with Gasteiger partial charge in [-0.15, -0.1) is 0 Å². The molecule has 32 heavy (non-hydrogen) atoms. The van der Waals surface area contributed by atoms with Crippen LogP contribution in [0.5, 0.6) is 0 Å². The topological polar surface area (TPSA) is 103 Å². The van der Waals surface area contributed by atoms with E-state index in [9.17, 15) is 18.0 Å². The molecule has 1 atom stereocenters. The lowest BCUT2D eigenvalue weighted by atomic mass is 10.1. The molecule has 1 aliphatic rings. The number of hydrogen-bond acceptors (Lipinski definition) is 4. The third-order valence-corrected chi connectivity index (χ3v) is 4.95. The molecule has 0 saturated heterocycles. The zero-order chi connectivity index (χ0) is 23.5. The van der Waals surface area contributed by atoms with Crippen LogP contribution in [-0.4, -0.2) is 55.2 Å². The standard InChI is InChI=1S/C19H23N5O.C2HF3O2/c1-13(2)22-19(25)18-11-23(10-15-8-20-12-24(15)18)9-14-4-3-5-17-16(14)6-7-21-17;3-2(4,5)1(6)7/h3-8,12-13,18,21H,9-11H2,1-2H3,(H,22,25);(H,6,7). The highest BCUT2D eigenvalue weighted by Gasteiger charge is 2.38. The second kappa shape index (κ2) is 9.43. The number of amides is 1. The van der Waals surface area contributed by atoms with E-state index in [4.69, 9.17) is 9.90 Å². The van der Waals surface area contributed by atoms with Crippen molar-refractivity contribution in [2.75, 3.05) is 6.54 Å². The first-order valence-electron chi connectivity index (χ1n) is 9.94. The first-order chi connectivity index (χ1) is 15.1. The molecule has 2 aromatic heterocycles. The lowest BCUT2D eigenvalue weighted by Gasteiger charge is -2.34. The Bertz CT molecular complexity index is 1090. The number of carbonyl (C=O) groups excluding carboxylic acids is 1. The van der Waals surface area contributed by atoms with Crippen molar-refractivity contribution in [2.24, 2.45) is 0 Å². The lowest BCUT2D eigenvalue weighted by Crippen LogP contribution is -2.45. The molecule has 0 radical (unpaired) electrons. The quantitative estimate of drug-likeness (QED) is 0.566. The summed E-state index contributed by atoms with van der Waals surface area (Å²) in [5, 5.41) is 11.4. The average Bonchev–Trinajstić information content (AvgIpc) is 3.36. The summed E-state index contributed by atoms with van der Waals surface area (Å²) in [5.74, 6) is -2.70. The molecule has 11 heteroatoms. The number of carboxylic acid groups (broad SMARTS) is 1. The van der Waals surface area contributed by atoms with Crippen LogP contribution in [0.25, 0.3) is 10.9 Å². The Labute approximate surface area is 182 Å². The second-order valence-corrected chi connectivity index (χ2v) is 7.80. The molecule has 0 bridgehead atoms. The van der Waals surface area contributed by atoms with E-state index >= 15 is 0 Å². The van der Waals surface area contributed by atoms with Crippen molar-refractivity contribution >= 4 is 22.8 Å². The highest BCUT2D eigenvalue weighted by Crippen LogP contribution is 2.25. The smallest absolute Gasteiger partial charge is 0.475 e. The van der Waals surface area contributed by atoms with Crippen LogP contribution in [0.3, 0.4) is 0 Å². The van der Waals surface area contributed by atoms with E-state index in [1.807, 2.05) is 30.8 Å². The second-order valence-electron chi connectivity index (χ2n) is 7.80. The molecule has 0 spiro atoms. The SMILES string of the molecule is CC(C)NC(=O)C1CN(Cc2cccc3[nH]ccc23)Cc2cncn21.O=C(O)C(F)(F)F. The number of aliphatic carboxylic acids is 1. The fraction of sp³-hybridized carbons (Fsp3) is 0.381. The van der Waals surface area contributed by atoms with Gasteiger partial charge in [0.1, 0.15) is 6.04 Å². The van der Waals surface area contributed by atoms with E-state index in [0.717, 1.165) is 24.3 Å². The highest BCUT2D eigenvalue weighted by molar-refractivity contribution is 5.83. The molecule has 1 amide bonds. The zero-order valence-electron chi connectivity index (χ0n) is 17.6. The van der Waals surface area contributed by atoms with Crippen molar-refractivity contribution in [1.82, 2.24) is 24.8 Å². The van der Waals surface area contributed by atoms with Crippen LogP contribution in [0.15, 0.2) is 43.0 Å². The van der Waals surface area contributed by atoms with Gasteiger partial charge >= 0.3 is 12.1 Å².